The molecule has 0 amide bonds. The molecule has 0 spiro atoms. The lowest BCUT2D eigenvalue weighted by molar-refractivity contribution is 1.08. The molecule has 0 aliphatic rings. The molecule has 0 aliphatic heterocycles. The Balaban J connectivity index is 1.72. The summed E-state index contributed by atoms with van der Waals surface area (Å²) in [4.78, 5) is 35.7. The van der Waals surface area contributed by atoms with E-state index in [0.717, 1.165) is 16.9 Å². The molecule has 1 aromatic carbocycles. The minimum absolute atomic E-state index is 0.295. The van der Waals surface area contributed by atoms with Gasteiger partial charge >= 0.3 is 5.69 Å². The quantitative estimate of drug-likeness (QED) is 0.487. The second-order valence-electron chi connectivity index (χ2n) is 4.98. The van der Waals surface area contributed by atoms with E-state index >= 15 is 0 Å². The zero-order chi connectivity index (χ0) is 16.7. The number of thioether (sulfide) groups is 1. The van der Waals surface area contributed by atoms with Crippen LogP contribution < -0.4 is 11.2 Å². The van der Waals surface area contributed by atoms with Crippen LogP contribution in [-0.4, -0.2) is 19.9 Å². The summed E-state index contributed by atoms with van der Waals surface area (Å²) in [5, 5.41) is 9.38. The summed E-state index contributed by atoms with van der Waals surface area (Å²) in [7, 11) is 0. The lowest BCUT2D eigenvalue weighted by Gasteiger charge is -1.95. The molecule has 7 nitrogen and oxygen atoms in total. The van der Waals surface area contributed by atoms with Crippen molar-refractivity contribution in [3.05, 3.63) is 56.5 Å². The maximum absolute atomic E-state index is 11.9. The number of aromatic amines is 3. The second-order valence-corrected chi connectivity index (χ2v) is 7.24. The Morgan fingerprint density at radius 3 is 2.83 bits per heavy atom. The Kier molecular flexibility index (Phi) is 3.48. The van der Waals surface area contributed by atoms with Gasteiger partial charge in [0.1, 0.15) is 22.2 Å². The van der Waals surface area contributed by atoms with Crippen LogP contribution in [-0.2, 0) is 5.75 Å². The van der Waals surface area contributed by atoms with Gasteiger partial charge < -0.3 is 9.97 Å². The van der Waals surface area contributed by atoms with Crippen molar-refractivity contribution in [2.45, 2.75) is 9.96 Å². The van der Waals surface area contributed by atoms with Crippen LogP contribution in [0.5, 0.6) is 0 Å². The van der Waals surface area contributed by atoms with Crippen molar-refractivity contribution in [2.75, 3.05) is 0 Å². The number of nitrogens with zero attached hydrogens (tertiary/aromatic N) is 2. The van der Waals surface area contributed by atoms with Crippen molar-refractivity contribution in [3.8, 4) is 6.07 Å². The molecule has 0 unspecified atom stereocenters. The molecule has 3 aromatic heterocycles. The van der Waals surface area contributed by atoms with Crippen molar-refractivity contribution >= 4 is 44.3 Å². The minimum atomic E-state index is -0.615. The number of rotatable bonds is 3. The van der Waals surface area contributed by atoms with E-state index in [1.54, 1.807) is 0 Å². The number of benzene rings is 1. The van der Waals surface area contributed by atoms with Gasteiger partial charge in [-0.1, -0.05) is 12.1 Å². The standard InChI is InChI=1S/C15H9N5O2S2/c16-5-7-11-12(13(21)20-15(22)19-11)24-14(7)23-6-10-17-8-3-1-2-4-9(8)18-10/h1-4H,6H2,(H,17,18)(H2,19,20,21,22). The molecule has 0 aliphatic carbocycles. The molecule has 9 heteroatoms. The predicted octanol–water partition coefficient (Wildman–Crippen LogP) is 2.32. The number of thiophene rings is 1. The third-order valence-corrected chi connectivity index (χ3v) is 5.91. The minimum Gasteiger partial charge on any atom is -0.341 e. The van der Waals surface area contributed by atoms with Gasteiger partial charge in [-0.25, -0.2) is 9.78 Å². The van der Waals surface area contributed by atoms with E-state index in [1.165, 1.54) is 23.1 Å². The fourth-order valence-electron chi connectivity index (χ4n) is 2.41. The summed E-state index contributed by atoms with van der Waals surface area (Å²) in [5.41, 5.74) is 1.35. The molecule has 0 saturated heterocycles. The number of fused-ring (bicyclic) bond motifs is 2. The SMILES string of the molecule is N#Cc1c(SCc2nc3ccccc3[nH]2)sc2c(=O)[nH]c(=O)[nH]c12. The van der Waals surface area contributed by atoms with Crippen molar-refractivity contribution in [1.82, 2.24) is 19.9 Å². The van der Waals surface area contributed by atoms with E-state index < -0.39 is 11.2 Å². The summed E-state index contributed by atoms with van der Waals surface area (Å²) in [5.74, 6) is 1.31. The molecular formula is C15H9N5O2S2. The highest BCUT2D eigenvalue weighted by atomic mass is 32.2. The maximum Gasteiger partial charge on any atom is 0.326 e. The van der Waals surface area contributed by atoms with E-state index in [4.69, 9.17) is 0 Å². The van der Waals surface area contributed by atoms with Crippen LogP contribution in [0.2, 0.25) is 0 Å². The van der Waals surface area contributed by atoms with Gasteiger partial charge in [-0.15, -0.1) is 23.1 Å². The highest BCUT2D eigenvalue weighted by Gasteiger charge is 2.16. The van der Waals surface area contributed by atoms with Crippen LogP contribution >= 0.6 is 23.1 Å². The molecule has 4 aromatic rings. The van der Waals surface area contributed by atoms with E-state index in [0.29, 0.717) is 25.7 Å². The summed E-state index contributed by atoms with van der Waals surface area (Å²) in [6.07, 6.45) is 0. The van der Waals surface area contributed by atoms with Crippen molar-refractivity contribution < 1.29 is 0 Å². The molecule has 0 bridgehead atoms. The fraction of sp³-hybridized carbons (Fsp3) is 0.0667. The normalized spacial score (nSPS) is 11.1. The number of hydrogen-bond donors (Lipinski definition) is 3. The van der Waals surface area contributed by atoms with E-state index in [2.05, 4.69) is 26.0 Å². The van der Waals surface area contributed by atoms with Crippen molar-refractivity contribution in [3.63, 3.8) is 0 Å². The number of H-pyrrole nitrogens is 3. The van der Waals surface area contributed by atoms with Crippen LogP contribution in [0, 0.1) is 11.3 Å². The first-order valence-corrected chi connectivity index (χ1v) is 8.71. The van der Waals surface area contributed by atoms with Crippen LogP contribution in [0.1, 0.15) is 11.4 Å². The number of imidazole rings is 1. The molecule has 0 radical (unpaired) electrons. The summed E-state index contributed by atoms with van der Waals surface area (Å²) >= 11 is 2.60. The van der Waals surface area contributed by atoms with Crippen molar-refractivity contribution in [2.24, 2.45) is 0 Å². The third-order valence-electron chi connectivity index (χ3n) is 3.44. The number of aromatic nitrogens is 4. The zero-order valence-corrected chi connectivity index (χ0v) is 13.7. The summed E-state index contributed by atoms with van der Waals surface area (Å²) < 4.78 is 1.03. The van der Waals surface area contributed by atoms with Gasteiger partial charge in [0.15, 0.2) is 0 Å². The number of para-hydroxylation sites is 2. The molecule has 24 heavy (non-hydrogen) atoms. The number of nitrogens with one attached hydrogen (secondary N) is 3. The number of hydrogen-bond acceptors (Lipinski definition) is 6. The molecule has 0 saturated carbocycles. The van der Waals surface area contributed by atoms with Crippen LogP contribution in [0.4, 0.5) is 0 Å². The third kappa shape index (κ3) is 2.42. The predicted molar refractivity (Wildman–Crippen MR) is 93.4 cm³/mol. The summed E-state index contributed by atoms with van der Waals surface area (Å²) in [6.45, 7) is 0. The zero-order valence-electron chi connectivity index (χ0n) is 12.0. The van der Waals surface area contributed by atoms with E-state index in [9.17, 15) is 14.9 Å². The Morgan fingerprint density at radius 2 is 2.04 bits per heavy atom. The number of nitriles is 1. The maximum atomic E-state index is 11.9. The first kappa shape index (κ1) is 14.7. The highest BCUT2D eigenvalue weighted by Crippen LogP contribution is 2.36. The summed E-state index contributed by atoms with van der Waals surface area (Å²) in [6, 6.07) is 9.79. The van der Waals surface area contributed by atoms with Gasteiger partial charge in [0.2, 0.25) is 0 Å². The second kappa shape index (κ2) is 5.67. The fourth-order valence-corrected chi connectivity index (χ4v) is 4.60. The molecule has 4 rings (SSSR count). The lowest BCUT2D eigenvalue weighted by Crippen LogP contribution is -2.20. The van der Waals surface area contributed by atoms with Crippen LogP contribution in [0.3, 0.4) is 0 Å². The average molecular weight is 355 g/mol. The highest BCUT2D eigenvalue weighted by molar-refractivity contribution is 8.00. The topological polar surface area (TPSA) is 118 Å². The van der Waals surface area contributed by atoms with Gasteiger partial charge in [0.05, 0.1) is 26.5 Å². The van der Waals surface area contributed by atoms with Gasteiger partial charge in [0.25, 0.3) is 5.56 Å². The average Bonchev–Trinajstić information content (AvgIpc) is 3.13. The molecule has 0 atom stereocenters. The van der Waals surface area contributed by atoms with Gasteiger partial charge in [-0.3, -0.25) is 9.78 Å². The Morgan fingerprint density at radius 1 is 1.21 bits per heavy atom. The lowest BCUT2D eigenvalue weighted by atomic mass is 10.3. The van der Waals surface area contributed by atoms with E-state index in [-0.39, 0.29) is 0 Å². The molecule has 3 N–H and O–H groups in total. The van der Waals surface area contributed by atoms with E-state index in [1.807, 2.05) is 24.3 Å². The first-order chi connectivity index (χ1) is 11.7. The van der Waals surface area contributed by atoms with Gasteiger partial charge in [0, 0.05) is 0 Å². The van der Waals surface area contributed by atoms with Crippen LogP contribution in [0.25, 0.3) is 21.3 Å². The van der Waals surface area contributed by atoms with Gasteiger partial charge in [-0.05, 0) is 12.1 Å². The largest absolute Gasteiger partial charge is 0.341 e. The smallest absolute Gasteiger partial charge is 0.326 e. The van der Waals surface area contributed by atoms with Crippen LogP contribution in [0.15, 0.2) is 38.1 Å². The first-order valence-electron chi connectivity index (χ1n) is 6.91. The Bertz CT molecular complexity index is 1190. The van der Waals surface area contributed by atoms with Crippen molar-refractivity contribution in [1.29, 1.82) is 5.26 Å². The Labute approximate surface area is 142 Å². The molecular weight excluding hydrogens is 346 g/mol. The molecule has 118 valence electrons. The molecule has 0 fully saturated rings. The molecule has 3 heterocycles. The monoisotopic (exact) mass is 355 g/mol. The Hall–Kier alpha value is -2.83. The van der Waals surface area contributed by atoms with Gasteiger partial charge in [-0.2, -0.15) is 5.26 Å².